The van der Waals surface area contributed by atoms with Gasteiger partial charge in [-0.15, -0.1) is 0 Å². The normalized spacial score (nSPS) is 28.7. The largest absolute Gasteiger partial charge is 0.445 e. The van der Waals surface area contributed by atoms with Gasteiger partial charge in [0.15, 0.2) is 0 Å². The number of anilines is 1. The molecule has 0 spiro atoms. The van der Waals surface area contributed by atoms with E-state index in [0.717, 1.165) is 29.0 Å². The summed E-state index contributed by atoms with van der Waals surface area (Å²) >= 11 is 0. The highest BCUT2D eigenvalue weighted by Gasteiger charge is 2.51. The second-order valence-electron chi connectivity index (χ2n) is 10.2. The fourth-order valence-electron chi connectivity index (χ4n) is 6.63. The summed E-state index contributed by atoms with van der Waals surface area (Å²) < 4.78 is 5.20. The fourth-order valence-corrected chi connectivity index (χ4v) is 6.63. The number of hydrogen-bond acceptors (Lipinski definition) is 3. The van der Waals surface area contributed by atoms with Crippen LogP contribution in [0, 0.1) is 17.8 Å². The molecule has 0 aliphatic heterocycles. The summed E-state index contributed by atoms with van der Waals surface area (Å²) in [4.78, 5) is 24.6. The van der Waals surface area contributed by atoms with Crippen molar-refractivity contribution >= 4 is 17.7 Å². The molecule has 0 radical (unpaired) electrons. The van der Waals surface area contributed by atoms with E-state index in [-0.39, 0.29) is 12.5 Å². The third-order valence-corrected chi connectivity index (χ3v) is 7.74. The van der Waals surface area contributed by atoms with Crippen LogP contribution in [0.3, 0.4) is 0 Å². The number of carbonyl (C=O) groups excluding carboxylic acids is 2. The zero-order valence-corrected chi connectivity index (χ0v) is 18.7. The summed E-state index contributed by atoms with van der Waals surface area (Å²) in [5.74, 6) is 2.47. The van der Waals surface area contributed by atoms with Gasteiger partial charge in [-0.25, -0.2) is 4.79 Å². The predicted octanol–water partition coefficient (Wildman–Crippen LogP) is 5.41. The summed E-state index contributed by atoms with van der Waals surface area (Å²) in [7, 11) is 0. The van der Waals surface area contributed by atoms with Gasteiger partial charge in [-0.1, -0.05) is 42.5 Å². The van der Waals surface area contributed by atoms with Gasteiger partial charge in [0.2, 0.25) is 5.91 Å². The smallest absolute Gasteiger partial charge is 0.408 e. The Morgan fingerprint density at radius 1 is 0.938 bits per heavy atom. The third-order valence-electron chi connectivity index (χ3n) is 7.74. The molecule has 168 valence electrons. The molecule has 1 unspecified atom stereocenters. The number of benzene rings is 2. The van der Waals surface area contributed by atoms with Crippen LogP contribution in [0.4, 0.5) is 10.5 Å². The zero-order valence-electron chi connectivity index (χ0n) is 18.7. The van der Waals surface area contributed by atoms with Crippen LogP contribution >= 0.6 is 0 Å². The Labute approximate surface area is 189 Å². The molecule has 1 atom stereocenters. The minimum absolute atomic E-state index is 0.173. The highest BCUT2D eigenvalue weighted by Crippen LogP contribution is 2.60. The number of ether oxygens (including phenoxy) is 1. The highest BCUT2D eigenvalue weighted by molar-refractivity contribution is 5.96. The maximum absolute atomic E-state index is 12.5. The summed E-state index contributed by atoms with van der Waals surface area (Å²) in [6.07, 6.45) is 7.70. The lowest BCUT2D eigenvalue weighted by molar-refractivity contribution is -0.117. The second kappa shape index (κ2) is 8.61. The van der Waals surface area contributed by atoms with Crippen molar-refractivity contribution in [3.05, 3.63) is 65.7 Å². The molecule has 6 rings (SSSR count). The average molecular weight is 433 g/mol. The maximum atomic E-state index is 12.5. The van der Waals surface area contributed by atoms with Crippen molar-refractivity contribution in [2.45, 2.75) is 63.5 Å². The molecule has 2 aromatic rings. The molecule has 0 aromatic heterocycles. The third kappa shape index (κ3) is 4.38. The molecule has 32 heavy (non-hydrogen) atoms. The first-order valence-electron chi connectivity index (χ1n) is 11.9. The first-order valence-corrected chi connectivity index (χ1v) is 11.9. The van der Waals surface area contributed by atoms with Crippen LogP contribution in [-0.4, -0.2) is 18.0 Å². The highest BCUT2D eigenvalue weighted by atomic mass is 16.5. The van der Waals surface area contributed by atoms with Gasteiger partial charge in [-0.2, -0.15) is 0 Å². The molecule has 4 fully saturated rings. The predicted molar refractivity (Wildman–Crippen MR) is 124 cm³/mol. The Morgan fingerprint density at radius 3 is 2.12 bits per heavy atom. The van der Waals surface area contributed by atoms with Crippen LogP contribution in [0.1, 0.15) is 56.6 Å². The molecule has 5 heteroatoms. The number of hydrogen-bond donors (Lipinski definition) is 2. The van der Waals surface area contributed by atoms with Crippen molar-refractivity contribution in [1.82, 2.24) is 5.32 Å². The second-order valence-corrected chi connectivity index (χ2v) is 10.2. The minimum Gasteiger partial charge on any atom is -0.445 e. The Kier molecular flexibility index (Phi) is 5.66. The van der Waals surface area contributed by atoms with Crippen molar-refractivity contribution in [1.29, 1.82) is 0 Å². The van der Waals surface area contributed by atoms with Crippen LogP contribution in [0.25, 0.3) is 0 Å². The van der Waals surface area contributed by atoms with Gasteiger partial charge < -0.3 is 15.4 Å². The minimum atomic E-state index is -0.693. The average Bonchev–Trinajstić information content (AvgIpc) is 2.78. The first-order chi connectivity index (χ1) is 15.5. The van der Waals surface area contributed by atoms with E-state index < -0.39 is 12.1 Å². The van der Waals surface area contributed by atoms with E-state index in [0.29, 0.717) is 5.41 Å². The Morgan fingerprint density at radius 2 is 1.53 bits per heavy atom. The van der Waals surface area contributed by atoms with Crippen LogP contribution in [0.2, 0.25) is 0 Å². The van der Waals surface area contributed by atoms with Gasteiger partial charge in [0.25, 0.3) is 0 Å². The molecule has 2 N–H and O–H groups in total. The van der Waals surface area contributed by atoms with E-state index in [1.54, 1.807) is 6.92 Å². The molecular formula is C27H32N2O3. The summed E-state index contributed by atoms with van der Waals surface area (Å²) in [6.45, 7) is 1.83. The Bertz CT molecular complexity index is 935. The van der Waals surface area contributed by atoms with Crippen LogP contribution in [0.15, 0.2) is 54.6 Å². The molecule has 5 nitrogen and oxygen atoms in total. The van der Waals surface area contributed by atoms with Crippen molar-refractivity contribution in [3.8, 4) is 0 Å². The zero-order chi connectivity index (χ0) is 22.1. The maximum Gasteiger partial charge on any atom is 0.408 e. The van der Waals surface area contributed by atoms with E-state index in [4.69, 9.17) is 4.74 Å². The molecule has 4 bridgehead atoms. The van der Waals surface area contributed by atoms with Crippen molar-refractivity contribution < 1.29 is 14.3 Å². The Balaban J connectivity index is 1.14. The number of alkyl carbamates (subject to hydrolysis) is 1. The van der Waals surface area contributed by atoms with E-state index in [1.165, 1.54) is 44.1 Å². The van der Waals surface area contributed by atoms with Crippen molar-refractivity contribution in [2.24, 2.45) is 17.8 Å². The lowest BCUT2D eigenvalue weighted by atomic mass is 9.48. The number of amides is 2. The van der Waals surface area contributed by atoms with Crippen LogP contribution in [0.5, 0.6) is 0 Å². The standard InChI is InChI=1S/C27H32N2O3/c1-18(28-26(31)32-17-19-5-3-2-4-6-19)25(30)29-24-9-7-23(8-10-24)27-14-20-11-21(15-27)13-22(12-20)16-27/h2-10,18,20-22H,11-17H2,1H3,(H,28,31)(H,29,30). The molecule has 4 aliphatic rings. The van der Waals surface area contributed by atoms with Gasteiger partial charge in [0.05, 0.1) is 0 Å². The lowest BCUT2D eigenvalue weighted by Gasteiger charge is -2.57. The topological polar surface area (TPSA) is 67.4 Å². The van der Waals surface area contributed by atoms with E-state index >= 15 is 0 Å². The van der Waals surface area contributed by atoms with Gasteiger partial charge in [-0.05, 0) is 91.9 Å². The van der Waals surface area contributed by atoms with Gasteiger partial charge in [0, 0.05) is 5.69 Å². The van der Waals surface area contributed by atoms with Crippen LogP contribution in [-0.2, 0) is 21.6 Å². The molecule has 4 aliphatic carbocycles. The molecular weight excluding hydrogens is 400 g/mol. The quantitative estimate of drug-likeness (QED) is 0.642. The van der Waals surface area contributed by atoms with Gasteiger partial charge >= 0.3 is 6.09 Å². The van der Waals surface area contributed by atoms with Gasteiger partial charge in [0.1, 0.15) is 12.6 Å². The van der Waals surface area contributed by atoms with Crippen molar-refractivity contribution in [2.75, 3.05) is 5.32 Å². The molecule has 4 saturated carbocycles. The van der Waals surface area contributed by atoms with Crippen molar-refractivity contribution in [3.63, 3.8) is 0 Å². The van der Waals surface area contributed by atoms with Crippen LogP contribution < -0.4 is 10.6 Å². The molecule has 2 aromatic carbocycles. The number of carbonyl (C=O) groups is 2. The molecule has 2 amide bonds. The summed E-state index contributed by atoms with van der Waals surface area (Å²) in [6, 6.07) is 17.2. The van der Waals surface area contributed by atoms with E-state index in [1.807, 2.05) is 42.5 Å². The number of rotatable bonds is 6. The lowest BCUT2D eigenvalue weighted by Crippen LogP contribution is -2.48. The van der Waals surface area contributed by atoms with E-state index in [9.17, 15) is 9.59 Å². The monoisotopic (exact) mass is 432 g/mol. The van der Waals surface area contributed by atoms with Gasteiger partial charge in [-0.3, -0.25) is 4.79 Å². The Hall–Kier alpha value is -2.82. The fraction of sp³-hybridized carbons (Fsp3) is 0.481. The first kappa shape index (κ1) is 21.0. The number of nitrogens with one attached hydrogen (secondary N) is 2. The molecule has 0 heterocycles. The van der Waals surface area contributed by atoms with E-state index in [2.05, 4.69) is 22.8 Å². The molecule has 0 saturated heterocycles. The summed E-state index contributed by atoms with van der Waals surface area (Å²) in [5.41, 5.74) is 3.45. The SMILES string of the molecule is CC(NC(=O)OCc1ccccc1)C(=O)Nc1ccc(C23CC4CC(CC(C4)C2)C3)cc1. The summed E-state index contributed by atoms with van der Waals surface area (Å²) in [5, 5.41) is 5.51.